The van der Waals surface area contributed by atoms with Gasteiger partial charge in [-0.25, -0.2) is 5.48 Å². The molecule has 3 rings (SSSR count). The van der Waals surface area contributed by atoms with Crippen LogP contribution in [0.15, 0.2) is 48.5 Å². The van der Waals surface area contributed by atoms with Crippen molar-refractivity contribution in [3.8, 4) is 0 Å². The van der Waals surface area contributed by atoms with Crippen LogP contribution in [0.5, 0.6) is 0 Å². The van der Waals surface area contributed by atoms with Gasteiger partial charge in [-0.2, -0.15) is 0 Å². The fourth-order valence-electron chi connectivity index (χ4n) is 3.79. The molecule has 0 spiro atoms. The third-order valence-electron chi connectivity index (χ3n) is 4.82. The van der Waals surface area contributed by atoms with Gasteiger partial charge in [-0.15, -0.1) is 0 Å². The van der Waals surface area contributed by atoms with Gasteiger partial charge < -0.3 is 4.90 Å². The number of carbonyl (C=O) groups excluding carboxylic acids is 1. The van der Waals surface area contributed by atoms with E-state index in [1.165, 1.54) is 0 Å². The zero-order valence-corrected chi connectivity index (χ0v) is 15.8. The van der Waals surface area contributed by atoms with Crippen molar-refractivity contribution >= 4 is 23.2 Å². The van der Waals surface area contributed by atoms with E-state index in [0.717, 1.165) is 35.9 Å². The zero-order valence-electron chi connectivity index (χ0n) is 15.0. The molecule has 1 fully saturated rings. The Morgan fingerprint density at radius 1 is 1.15 bits per heavy atom. The molecule has 0 bridgehead atoms. The Labute approximate surface area is 159 Å². The van der Waals surface area contributed by atoms with Gasteiger partial charge in [0, 0.05) is 48.0 Å². The summed E-state index contributed by atoms with van der Waals surface area (Å²) < 4.78 is 0. The number of rotatable bonds is 4. The minimum Gasteiger partial charge on any atom is -0.364 e. The molecular formula is C20H24ClN3O2. The Morgan fingerprint density at radius 3 is 2.38 bits per heavy atom. The molecule has 6 heteroatoms. The number of carbonyl (C=O) groups is 1. The SMILES string of the molecule is C[C@@H]1CN(Cc2ccc(C(=O)NO)cc2)C[C@H](C)N1c1cccc(Cl)c1. The van der Waals surface area contributed by atoms with Crippen LogP contribution in [0, 0.1) is 0 Å². The van der Waals surface area contributed by atoms with Crippen LogP contribution < -0.4 is 10.4 Å². The molecule has 0 saturated carbocycles. The van der Waals surface area contributed by atoms with Gasteiger partial charge in [0.15, 0.2) is 0 Å². The molecule has 0 aliphatic carbocycles. The molecule has 0 radical (unpaired) electrons. The third kappa shape index (κ3) is 4.18. The number of hydroxylamine groups is 1. The van der Waals surface area contributed by atoms with E-state index in [9.17, 15) is 4.79 Å². The monoisotopic (exact) mass is 373 g/mol. The zero-order chi connectivity index (χ0) is 18.7. The molecule has 2 aromatic carbocycles. The minimum absolute atomic E-state index is 0.372. The van der Waals surface area contributed by atoms with Crippen molar-refractivity contribution in [2.45, 2.75) is 32.5 Å². The van der Waals surface area contributed by atoms with Crippen LogP contribution in [0.3, 0.4) is 0 Å². The van der Waals surface area contributed by atoms with Crippen LogP contribution in [-0.2, 0) is 6.54 Å². The lowest BCUT2D eigenvalue weighted by atomic mass is 10.0. The molecule has 1 aliphatic rings. The van der Waals surface area contributed by atoms with E-state index >= 15 is 0 Å². The number of anilines is 1. The molecule has 1 aliphatic heterocycles. The normalized spacial score (nSPS) is 20.8. The standard InChI is InChI=1S/C20H24ClN3O2/c1-14-11-23(13-16-6-8-17(9-7-16)20(25)22-26)12-15(2)24(14)19-5-3-4-18(21)10-19/h3-10,14-15,26H,11-13H2,1-2H3,(H,22,25)/t14-,15+. The molecule has 2 N–H and O–H groups in total. The molecule has 138 valence electrons. The fourth-order valence-corrected chi connectivity index (χ4v) is 3.98. The summed E-state index contributed by atoms with van der Waals surface area (Å²) in [5.74, 6) is -0.492. The van der Waals surface area contributed by atoms with Gasteiger partial charge >= 0.3 is 0 Å². The highest BCUT2D eigenvalue weighted by Crippen LogP contribution is 2.27. The molecule has 0 aromatic heterocycles. The summed E-state index contributed by atoms with van der Waals surface area (Å²) in [7, 11) is 0. The first-order chi connectivity index (χ1) is 12.5. The molecule has 0 unspecified atom stereocenters. The van der Waals surface area contributed by atoms with Gasteiger partial charge in [-0.3, -0.25) is 14.9 Å². The molecule has 1 heterocycles. The van der Waals surface area contributed by atoms with E-state index in [0.29, 0.717) is 17.6 Å². The lowest BCUT2D eigenvalue weighted by molar-refractivity contribution is 0.0706. The number of nitrogens with zero attached hydrogens (tertiary/aromatic N) is 2. The second-order valence-corrected chi connectivity index (χ2v) is 7.35. The first-order valence-corrected chi connectivity index (χ1v) is 9.15. The maximum absolute atomic E-state index is 11.4. The minimum atomic E-state index is -0.492. The highest BCUT2D eigenvalue weighted by Gasteiger charge is 2.29. The fraction of sp³-hybridized carbons (Fsp3) is 0.350. The summed E-state index contributed by atoms with van der Waals surface area (Å²) in [5.41, 5.74) is 4.41. The van der Waals surface area contributed by atoms with Crippen molar-refractivity contribution in [2.75, 3.05) is 18.0 Å². The summed E-state index contributed by atoms with van der Waals surface area (Å²) in [6, 6.07) is 16.1. The Balaban J connectivity index is 1.66. The molecule has 1 amide bonds. The summed E-state index contributed by atoms with van der Waals surface area (Å²) in [5, 5.41) is 9.45. The summed E-state index contributed by atoms with van der Waals surface area (Å²) in [6.45, 7) is 7.21. The van der Waals surface area contributed by atoms with Gasteiger partial charge in [-0.1, -0.05) is 29.8 Å². The third-order valence-corrected chi connectivity index (χ3v) is 5.06. The summed E-state index contributed by atoms with van der Waals surface area (Å²) in [4.78, 5) is 16.3. The molecule has 1 saturated heterocycles. The van der Waals surface area contributed by atoms with Crippen molar-refractivity contribution in [3.63, 3.8) is 0 Å². The lowest BCUT2D eigenvalue weighted by Crippen LogP contribution is -2.56. The van der Waals surface area contributed by atoms with Gasteiger partial charge in [0.05, 0.1) is 0 Å². The van der Waals surface area contributed by atoms with Crippen LogP contribution in [-0.4, -0.2) is 41.2 Å². The molecule has 26 heavy (non-hydrogen) atoms. The van der Waals surface area contributed by atoms with Crippen molar-refractivity contribution in [1.29, 1.82) is 0 Å². The Kier molecular flexibility index (Phi) is 5.81. The van der Waals surface area contributed by atoms with Crippen molar-refractivity contribution in [2.24, 2.45) is 0 Å². The summed E-state index contributed by atoms with van der Waals surface area (Å²) >= 11 is 6.16. The quantitative estimate of drug-likeness (QED) is 0.635. The van der Waals surface area contributed by atoms with Gasteiger partial charge in [0.25, 0.3) is 5.91 Å². The maximum atomic E-state index is 11.4. The molecule has 2 atom stereocenters. The Bertz CT molecular complexity index is 754. The number of hydrogen-bond acceptors (Lipinski definition) is 4. The Morgan fingerprint density at radius 2 is 1.81 bits per heavy atom. The van der Waals surface area contributed by atoms with Crippen LogP contribution in [0.4, 0.5) is 5.69 Å². The second-order valence-electron chi connectivity index (χ2n) is 6.92. The number of piperazine rings is 1. The van der Waals surface area contributed by atoms with Crippen LogP contribution in [0.1, 0.15) is 29.8 Å². The second kappa shape index (κ2) is 8.08. The van der Waals surface area contributed by atoms with Gasteiger partial charge in [0.1, 0.15) is 0 Å². The number of halogens is 1. The van der Waals surface area contributed by atoms with E-state index in [-0.39, 0.29) is 0 Å². The van der Waals surface area contributed by atoms with Gasteiger partial charge in [-0.05, 0) is 49.7 Å². The first-order valence-electron chi connectivity index (χ1n) is 8.77. The van der Waals surface area contributed by atoms with E-state index in [2.05, 4.69) is 29.7 Å². The van der Waals surface area contributed by atoms with Crippen molar-refractivity contribution < 1.29 is 10.0 Å². The average Bonchev–Trinajstić information content (AvgIpc) is 2.61. The first kappa shape index (κ1) is 18.7. The predicted octanol–water partition coefficient (Wildman–Crippen LogP) is 3.56. The smallest absolute Gasteiger partial charge is 0.274 e. The van der Waals surface area contributed by atoms with E-state index in [1.807, 2.05) is 30.3 Å². The molecular weight excluding hydrogens is 350 g/mol. The van der Waals surface area contributed by atoms with Crippen molar-refractivity contribution in [3.05, 3.63) is 64.7 Å². The highest BCUT2D eigenvalue weighted by molar-refractivity contribution is 6.30. The summed E-state index contributed by atoms with van der Waals surface area (Å²) in [6.07, 6.45) is 0. The topological polar surface area (TPSA) is 55.8 Å². The van der Waals surface area contributed by atoms with Crippen LogP contribution in [0.25, 0.3) is 0 Å². The van der Waals surface area contributed by atoms with Crippen molar-refractivity contribution in [1.82, 2.24) is 10.4 Å². The predicted molar refractivity (Wildman–Crippen MR) is 104 cm³/mol. The Hall–Kier alpha value is -2.08. The largest absolute Gasteiger partial charge is 0.364 e. The number of hydrogen-bond donors (Lipinski definition) is 2. The number of nitrogens with one attached hydrogen (secondary N) is 1. The lowest BCUT2D eigenvalue weighted by Gasteiger charge is -2.46. The number of benzene rings is 2. The maximum Gasteiger partial charge on any atom is 0.274 e. The van der Waals surface area contributed by atoms with Crippen LogP contribution >= 0.6 is 11.6 Å². The van der Waals surface area contributed by atoms with E-state index in [4.69, 9.17) is 16.8 Å². The number of amides is 1. The van der Waals surface area contributed by atoms with Gasteiger partial charge in [0.2, 0.25) is 0 Å². The molecule has 2 aromatic rings. The van der Waals surface area contributed by atoms with Crippen LogP contribution in [0.2, 0.25) is 5.02 Å². The molecule has 5 nitrogen and oxygen atoms in total. The van der Waals surface area contributed by atoms with E-state index < -0.39 is 5.91 Å². The highest BCUT2D eigenvalue weighted by atomic mass is 35.5. The van der Waals surface area contributed by atoms with E-state index in [1.54, 1.807) is 17.6 Å². The average molecular weight is 374 g/mol.